The molecule has 0 unspecified atom stereocenters. The van der Waals surface area contributed by atoms with Crippen molar-refractivity contribution in [3.8, 4) is 11.1 Å². The first kappa shape index (κ1) is 27.4. The van der Waals surface area contributed by atoms with Crippen LogP contribution in [-0.2, 0) is 0 Å². The number of fused-ring (bicyclic) bond motifs is 5. The van der Waals surface area contributed by atoms with Crippen LogP contribution in [0.4, 0.5) is 28.4 Å². The number of nitrogens with one attached hydrogen (secondary N) is 1. The van der Waals surface area contributed by atoms with E-state index in [2.05, 4.69) is 186 Å². The van der Waals surface area contributed by atoms with Gasteiger partial charge in [-0.2, -0.15) is 0 Å². The second-order valence-corrected chi connectivity index (χ2v) is 13.0. The standard InChI is InChI=1S/C44H30N2S/c1-2-14-37(15-3-1)46(38-24-25-40-39-16-8-9-17-43(39)47-44(40)29-38)42-28-34-13-7-6-12-33(34)27-41(42)45-36-22-20-31(21-23-36)35-19-18-30-10-4-5-11-32(30)26-35/h1-29,45H. The van der Waals surface area contributed by atoms with E-state index in [0.717, 1.165) is 28.4 Å². The smallest absolute Gasteiger partial charge is 0.0703 e. The maximum absolute atomic E-state index is 3.81. The number of nitrogens with zero attached hydrogens (tertiary/aromatic N) is 1. The zero-order valence-electron chi connectivity index (χ0n) is 25.6. The van der Waals surface area contributed by atoms with Gasteiger partial charge in [-0.1, -0.05) is 115 Å². The SMILES string of the molecule is c1ccc(N(c2ccc3c(c2)sc2ccccc23)c2cc3ccccc3cc2Nc2ccc(-c3ccc4ccccc4c3)cc2)cc1. The van der Waals surface area contributed by atoms with Crippen LogP contribution in [0.15, 0.2) is 176 Å². The van der Waals surface area contributed by atoms with Crippen molar-refractivity contribution in [1.82, 2.24) is 0 Å². The number of para-hydroxylation sites is 1. The summed E-state index contributed by atoms with van der Waals surface area (Å²) in [4.78, 5) is 2.38. The zero-order valence-corrected chi connectivity index (χ0v) is 26.4. The fourth-order valence-electron chi connectivity index (χ4n) is 6.64. The minimum Gasteiger partial charge on any atom is -0.354 e. The molecular formula is C44H30N2S. The molecular weight excluding hydrogens is 589 g/mol. The summed E-state index contributed by atoms with van der Waals surface area (Å²) in [6.07, 6.45) is 0. The second kappa shape index (κ2) is 11.5. The fourth-order valence-corrected chi connectivity index (χ4v) is 7.78. The van der Waals surface area contributed by atoms with Crippen LogP contribution in [-0.4, -0.2) is 0 Å². The summed E-state index contributed by atoms with van der Waals surface area (Å²) in [5.41, 5.74) is 7.82. The molecule has 2 nitrogen and oxygen atoms in total. The Balaban J connectivity index is 1.16. The summed E-state index contributed by atoms with van der Waals surface area (Å²) in [6.45, 7) is 0. The molecule has 0 amide bonds. The molecule has 0 spiro atoms. The van der Waals surface area contributed by atoms with Crippen molar-refractivity contribution in [2.24, 2.45) is 0 Å². The van der Waals surface area contributed by atoms with Gasteiger partial charge in [-0.05, 0) is 93.3 Å². The van der Waals surface area contributed by atoms with Gasteiger partial charge in [-0.25, -0.2) is 0 Å². The van der Waals surface area contributed by atoms with Crippen LogP contribution in [0.3, 0.4) is 0 Å². The predicted molar refractivity (Wildman–Crippen MR) is 204 cm³/mol. The molecule has 8 aromatic carbocycles. The number of hydrogen-bond acceptors (Lipinski definition) is 3. The molecule has 9 rings (SSSR count). The van der Waals surface area contributed by atoms with Crippen molar-refractivity contribution < 1.29 is 0 Å². The van der Waals surface area contributed by atoms with Crippen LogP contribution in [0.25, 0.3) is 52.8 Å². The summed E-state index contributed by atoms with van der Waals surface area (Å²) < 4.78 is 2.59. The van der Waals surface area contributed by atoms with Gasteiger partial charge in [0.05, 0.1) is 11.4 Å². The normalized spacial score (nSPS) is 11.4. The van der Waals surface area contributed by atoms with Crippen LogP contribution in [0, 0.1) is 0 Å². The summed E-state index contributed by atoms with van der Waals surface area (Å²) in [7, 11) is 0. The molecule has 222 valence electrons. The highest BCUT2D eigenvalue weighted by Gasteiger charge is 2.19. The maximum Gasteiger partial charge on any atom is 0.0703 e. The quantitative estimate of drug-likeness (QED) is 0.199. The molecule has 0 radical (unpaired) electrons. The molecule has 0 aliphatic carbocycles. The van der Waals surface area contributed by atoms with E-state index in [1.165, 1.54) is 52.8 Å². The lowest BCUT2D eigenvalue weighted by Gasteiger charge is -2.28. The molecule has 1 heterocycles. The third kappa shape index (κ3) is 5.07. The first-order chi connectivity index (χ1) is 23.3. The number of thiophene rings is 1. The monoisotopic (exact) mass is 618 g/mol. The Kier molecular flexibility index (Phi) is 6.69. The topological polar surface area (TPSA) is 15.3 Å². The molecule has 0 atom stereocenters. The van der Waals surface area contributed by atoms with Gasteiger partial charge in [-0.15, -0.1) is 11.3 Å². The summed E-state index contributed by atoms with van der Waals surface area (Å²) >= 11 is 1.85. The van der Waals surface area contributed by atoms with Gasteiger partial charge in [0.15, 0.2) is 0 Å². The van der Waals surface area contributed by atoms with Crippen molar-refractivity contribution >= 4 is 81.5 Å². The van der Waals surface area contributed by atoms with Crippen molar-refractivity contribution in [2.45, 2.75) is 0 Å². The van der Waals surface area contributed by atoms with Gasteiger partial charge in [0.1, 0.15) is 0 Å². The second-order valence-electron chi connectivity index (χ2n) is 11.9. The molecule has 0 bridgehead atoms. The maximum atomic E-state index is 3.81. The van der Waals surface area contributed by atoms with Crippen LogP contribution < -0.4 is 10.2 Å². The highest BCUT2D eigenvalue weighted by Crippen LogP contribution is 2.44. The van der Waals surface area contributed by atoms with Gasteiger partial charge in [0.2, 0.25) is 0 Å². The summed E-state index contributed by atoms with van der Waals surface area (Å²) in [5, 5.41) is 11.3. The van der Waals surface area contributed by atoms with E-state index >= 15 is 0 Å². The molecule has 1 aromatic heterocycles. The first-order valence-electron chi connectivity index (χ1n) is 15.9. The number of hydrogen-bond donors (Lipinski definition) is 1. The van der Waals surface area contributed by atoms with E-state index in [9.17, 15) is 0 Å². The van der Waals surface area contributed by atoms with Crippen molar-refractivity contribution in [1.29, 1.82) is 0 Å². The van der Waals surface area contributed by atoms with Crippen LogP contribution in [0.1, 0.15) is 0 Å². The highest BCUT2D eigenvalue weighted by atomic mass is 32.1. The number of rotatable bonds is 6. The molecule has 0 aliphatic rings. The molecule has 1 N–H and O–H groups in total. The van der Waals surface area contributed by atoms with Gasteiger partial charge >= 0.3 is 0 Å². The molecule has 9 aromatic rings. The number of anilines is 5. The Labute approximate surface area is 277 Å². The molecule has 3 heteroatoms. The van der Waals surface area contributed by atoms with Crippen LogP contribution in [0.2, 0.25) is 0 Å². The minimum atomic E-state index is 1.04. The Morgan fingerprint density at radius 1 is 0.404 bits per heavy atom. The Morgan fingerprint density at radius 3 is 1.85 bits per heavy atom. The fraction of sp³-hybridized carbons (Fsp3) is 0. The molecule has 0 aliphatic heterocycles. The lowest BCUT2D eigenvalue weighted by Crippen LogP contribution is -2.12. The third-order valence-corrected chi connectivity index (χ3v) is 10.1. The summed E-state index contributed by atoms with van der Waals surface area (Å²) in [5.74, 6) is 0. The Bertz CT molecular complexity index is 2550. The first-order valence-corrected chi connectivity index (χ1v) is 16.7. The third-order valence-electron chi connectivity index (χ3n) is 8.99. The Morgan fingerprint density at radius 2 is 1.04 bits per heavy atom. The Hall–Kier alpha value is -5.90. The van der Waals surface area contributed by atoms with E-state index < -0.39 is 0 Å². The zero-order chi connectivity index (χ0) is 31.2. The van der Waals surface area contributed by atoms with E-state index in [1.807, 2.05) is 11.3 Å². The molecule has 47 heavy (non-hydrogen) atoms. The average molecular weight is 619 g/mol. The van der Waals surface area contributed by atoms with Crippen LogP contribution in [0.5, 0.6) is 0 Å². The van der Waals surface area contributed by atoms with E-state index in [1.54, 1.807) is 0 Å². The highest BCUT2D eigenvalue weighted by molar-refractivity contribution is 7.25. The van der Waals surface area contributed by atoms with E-state index in [-0.39, 0.29) is 0 Å². The predicted octanol–water partition coefficient (Wildman–Crippen LogP) is 13.2. The molecule has 0 fully saturated rings. The van der Waals surface area contributed by atoms with Gasteiger partial charge in [0.25, 0.3) is 0 Å². The van der Waals surface area contributed by atoms with Crippen LogP contribution >= 0.6 is 11.3 Å². The largest absolute Gasteiger partial charge is 0.354 e. The summed E-state index contributed by atoms with van der Waals surface area (Å²) in [6, 6.07) is 63.4. The molecule has 0 saturated carbocycles. The average Bonchev–Trinajstić information content (AvgIpc) is 3.50. The van der Waals surface area contributed by atoms with Gasteiger partial charge in [0, 0.05) is 37.2 Å². The molecule has 0 saturated heterocycles. The minimum absolute atomic E-state index is 1.04. The lowest BCUT2D eigenvalue weighted by molar-refractivity contribution is 1.29. The van der Waals surface area contributed by atoms with Gasteiger partial charge in [-0.3, -0.25) is 0 Å². The van der Waals surface area contributed by atoms with Gasteiger partial charge < -0.3 is 10.2 Å². The lowest BCUT2D eigenvalue weighted by atomic mass is 10.0. The van der Waals surface area contributed by atoms with Crippen molar-refractivity contribution in [3.63, 3.8) is 0 Å². The number of benzene rings is 8. The van der Waals surface area contributed by atoms with Crippen molar-refractivity contribution in [3.05, 3.63) is 176 Å². The van der Waals surface area contributed by atoms with E-state index in [0.29, 0.717) is 0 Å². The van der Waals surface area contributed by atoms with Crippen molar-refractivity contribution in [2.75, 3.05) is 10.2 Å². The van der Waals surface area contributed by atoms with E-state index in [4.69, 9.17) is 0 Å².